The maximum absolute atomic E-state index is 14.0. The van der Waals surface area contributed by atoms with Crippen molar-refractivity contribution in [2.24, 2.45) is 11.8 Å². The van der Waals surface area contributed by atoms with Gasteiger partial charge >= 0.3 is 5.97 Å². The second kappa shape index (κ2) is 21.4. The first kappa shape index (κ1) is 40.7. The van der Waals surface area contributed by atoms with Gasteiger partial charge in [-0.25, -0.2) is 0 Å². The molecule has 0 saturated heterocycles. The zero-order valence-electron chi connectivity index (χ0n) is 31.7. The number of esters is 1. The van der Waals surface area contributed by atoms with Gasteiger partial charge in [-0.2, -0.15) is 0 Å². The van der Waals surface area contributed by atoms with Crippen LogP contribution in [0, 0.1) is 11.8 Å². The van der Waals surface area contributed by atoms with Gasteiger partial charge in [-0.1, -0.05) is 109 Å². The van der Waals surface area contributed by atoms with Crippen LogP contribution in [0.4, 0.5) is 0 Å². The molecule has 1 aliphatic rings. The Morgan fingerprint density at radius 3 is 2.13 bits per heavy atom. The molecule has 4 aromatic carbocycles. The number of rotatable bonds is 21. The molecule has 1 heterocycles. The Kier molecular flexibility index (Phi) is 15.9. The van der Waals surface area contributed by atoms with E-state index in [1.807, 2.05) is 115 Å². The van der Waals surface area contributed by atoms with E-state index in [2.05, 4.69) is 18.5 Å². The van der Waals surface area contributed by atoms with Gasteiger partial charge in [0.15, 0.2) is 0 Å². The molecule has 0 bridgehead atoms. The van der Waals surface area contributed by atoms with Gasteiger partial charge in [0.05, 0.1) is 30.5 Å². The number of fused-ring (bicyclic) bond motifs is 1. The van der Waals surface area contributed by atoms with Crippen molar-refractivity contribution < 1.29 is 29.0 Å². The summed E-state index contributed by atoms with van der Waals surface area (Å²) in [5, 5.41) is 13.3. The molecule has 0 spiro atoms. The fourth-order valence-corrected chi connectivity index (χ4v) is 7.08. The maximum Gasteiger partial charge on any atom is 0.309 e. The number of unbranched alkanes of at least 4 members (excludes halogenated alkanes) is 1. The second-order valence-corrected chi connectivity index (χ2v) is 14.3. The predicted molar refractivity (Wildman–Crippen MR) is 216 cm³/mol. The van der Waals surface area contributed by atoms with Crippen LogP contribution >= 0.6 is 0 Å². The Morgan fingerprint density at radius 2 is 1.45 bits per heavy atom. The van der Waals surface area contributed by atoms with Crippen molar-refractivity contribution in [3.63, 3.8) is 0 Å². The number of aliphatic hydroxyl groups excluding tert-OH is 1. The highest BCUT2D eigenvalue weighted by Gasteiger charge is 2.32. The summed E-state index contributed by atoms with van der Waals surface area (Å²) < 4.78 is 12.0. The largest absolute Gasteiger partial charge is 0.489 e. The normalized spacial score (nSPS) is 15.1. The average molecular weight is 743 g/mol. The van der Waals surface area contributed by atoms with Crippen LogP contribution in [0.3, 0.4) is 0 Å². The van der Waals surface area contributed by atoms with Gasteiger partial charge < -0.3 is 24.8 Å². The first-order chi connectivity index (χ1) is 26.9. The third-order valence-electron chi connectivity index (χ3n) is 10.2. The summed E-state index contributed by atoms with van der Waals surface area (Å²) in [5.41, 5.74) is 5.20. The van der Waals surface area contributed by atoms with Crippen LogP contribution in [-0.2, 0) is 51.5 Å². The van der Waals surface area contributed by atoms with Crippen LogP contribution in [0.1, 0.15) is 59.9 Å². The van der Waals surface area contributed by atoms with Gasteiger partial charge in [-0.3, -0.25) is 14.4 Å². The number of hydrogen-bond donors (Lipinski definition) is 2. The van der Waals surface area contributed by atoms with Crippen LogP contribution in [0.15, 0.2) is 135 Å². The molecule has 0 fully saturated rings. The molecule has 0 aromatic heterocycles. The first-order valence-electron chi connectivity index (χ1n) is 19.3. The lowest BCUT2D eigenvalue weighted by Gasteiger charge is -2.36. The lowest BCUT2D eigenvalue weighted by Crippen LogP contribution is -2.48. The highest BCUT2D eigenvalue weighted by Crippen LogP contribution is 2.26. The number of nitrogens with zero attached hydrogens (tertiary/aromatic N) is 1. The lowest BCUT2D eigenvalue weighted by atomic mass is 9.92. The summed E-state index contributed by atoms with van der Waals surface area (Å²) in [6.07, 6.45) is 7.51. The smallest absolute Gasteiger partial charge is 0.309 e. The molecule has 55 heavy (non-hydrogen) atoms. The number of ether oxygens (including phenoxy) is 2. The fraction of sp³-hybridized carbons (Fsp3) is 0.340. The number of nitrogens with one attached hydrogen (secondary N) is 1. The standard InChI is InChI=1S/C47H54N2O6/c1-3-5-8-21-40(27-35-16-9-6-10-17-35)47(53)55-34-42(28-36-23-25-44(26-24-36)54-33-37-18-11-7-12-19-37)48-46(52)39(15-4-2)30-45(51)49-31-41-22-14-13-20-38(41)29-43(49)32-50/h3-4,6-7,9-14,16-20,22-26,39-40,42-43,50H,1-2,5,8,15,21,27-34H2,(H,48,52). The lowest BCUT2D eigenvalue weighted by molar-refractivity contribution is -0.150. The van der Waals surface area contributed by atoms with Crippen LogP contribution in [-0.4, -0.2) is 53.1 Å². The van der Waals surface area contributed by atoms with Crippen molar-refractivity contribution in [3.05, 3.63) is 162 Å². The first-order valence-corrected chi connectivity index (χ1v) is 19.3. The van der Waals surface area contributed by atoms with E-state index in [0.717, 1.165) is 40.7 Å². The summed E-state index contributed by atoms with van der Waals surface area (Å²) in [4.78, 5) is 43.1. The number of hydrogen-bond acceptors (Lipinski definition) is 6. The van der Waals surface area contributed by atoms with E-state index in [1.165, 1.54) is 0 Å². The van der Waals surface area contributed by atoms with Crippen molar-refractivity contribution in [2.75, 3.05) is 13.2 Å². The van der Waals surface area contributed by atoms with Gasteiger partial charge in [-0.15, -0.1) is 13.2 Å². The van der Waals surface area contributed by atoms with E-state index >= 15 is 0 Å². The number of carbonyl (C=O) groups excluding carboxylic acids is 3. The molecule has 8 nitrogen and oxygen atoms in total. The van der Waals surface area contributed by atoms with Crippen LogP contribution in [0.5, 0.6) is 5.75 Å². The van der Waals surface area contributed by atoms with Gasteiger partial charge in [0.1, 0.15) is 19.0 Å². The molecule has 0 radical (unpaired) electrons. The zero-order chi connectivity index (χ0) is 38.8. The molecule has 8 heteroatoms. The molecule has 2 N–H and O–H groups in total. The average Bonchev–Trinajstić information content (AvgIpc) is 3.22. The monoisotopic (exact) mass is 742 g/mol. The molecule has 0 saturated carbocycles. The van der Waals surface area contributed by atoms with Crippen molar-refractivity contribution in [3.8, 4) is 5.75 Å². The molecule has 2 amide bonds. The third kappa shape index (κ3) is 12.5. The van der Waals surface area contributed by atoms with Crippen LogP contribution in [0.25, 0.3) is 0 Å². The van der Waals surface area contributed by atoms with Gasteiger partial charge in [0.2, 0.25) is 11.8 Å². The highest BCUT2D eigenvalue weighted by molar-refractivity contribution is 5.86. The summed E-state index contributed by atoms with van der Waals surface area (Å²) in [6.45, 7) is 8.31. The van der Waals surface area contributed by atoms with E-state index in [1.54, 1.807) is 11.0 Å². The summed E-state index contributed by atoms with van der Waals surface area (Å²) in [7, 11) is 0. The van der Waals surface area contributed by atoms with Crippen LogP contribution in [0.2, 0.25) is 0 Å². The topological polar surface area (TPSA) is 105 Å². The Balaban J connectivity index is 1.29. The second-order valence-electron chi connectivity index (χ2n) is 14.3. The summed E-state index contributed by atoms with van der Waals surface area (Å²) in [6, 6.07) is 34.5. The van der Waals surface area contributed by atoms with E-state index < -0.39 is 12.0 Å². The van der Waals surface area contributed by atoms with Crippen molar-refractivity contribution in [2.45, 2.75) is 76.6 Å². The number of aliphatic hydroxyl groups is 1. The van der Waals surface area contributed by atoms with Crippen LogP contribution < -0.4 is 10.1 Å². The molecule has 288 valence electrons. The summed E-state index contributed by atoms with van der Waals surface area (Å²) in [5.74, 6) is -1.16. The molecule has 4 atom stereocenters. The Labute approximate surface area is 325 Å². The minimum atomic E-state index is -0.696. The maximum atomic E-state index is 14.0. The zero-order valence-corrected chi connectivity index (χ0v) is 31.7. The molecule has 1 aliphatic heterocycles. The molecule has 5 rings (SSSR count). The van der Waals surface area contributed by atoms with Gasteiger partial charge in [0, 0.05) is 13.0 Å². The number of carbonyl (C=O) groups is 3. The Bertz CT molecular complexity index is 1830. The van der Waals surface area contributed by atoms with Crippen molar-refractivity contribution in [1.29, 1.82) is 0 Å². The van der Waals surface area contributed by atoms with E-state index in [9.17, 15) is 19.5 Å². The minimum absolute atomic E-state index is 0.0339. The third-order valence-corrected chi connectivity index (χ3v) is 10.2. The van der Waals surface area contributed by atoms with Gasteiger partial charge in [-0.05, 0) is 84.9 Å². The molecule has 4 aromatic rings. The quantitative estimate of drug-likeness (QED) is 0.0519. The molecular weight excluding hydrogens is 689 g/mol. The predicted octanol–water partition coefficient (Wildman–Crippen LogP) is 7.58. The van der Waals surface area contributed by atoms with Gasteiger partial charge in [0.25, 0.3) is 0 Å². The van der Waals surface area contributed by atoms with Crippen molar-refractivity contribution in [1.82, 2.24) is 10.2 Å². The number of benzene rings is 4. The SMILES string of the molecule is C=CCCCC(Cc1ccccc1)C(=O)OCC(Cc1ccc(OCc2ccccc2)cc1)NC(=O)C(CC=C)CC(=O)N1Cc2ccccc2CC1CO. The molecular formula is C47H54N2O6. The number of amides is 2. The molecule has 0 aliphatic carbocycles. The van der Waals surface area contributed by atoms with Crippen molar-refractivity contribution >= 4 is 17.8 Å². The Hall–Kier alpha value is -5.47. The van der Waals surface area contributed by atoms with E-state index in [4.69, 9.17) is 9.47 Å². The minimum Gasteiger partial charge on any atom is -0.489 e. The van der Waals surface area contributed by atoms with E-state index in [0.29, 0.717) is 44.6 Å². The fourth-order valence-electron chi connectivity index (χ4n) is 7.08. The Morgan fingerprint density at radius 1 is 0.800 bits per heavy atom. The number of allylic oxidation sites excluding steroid dienone is 2. The van der Waals surface area contributed by atoms with E-state index in [-0.39, 0.29) is 55.8 Å². The summed E-state index contributed by atoms with van der Waals surface area (Å²) >= 11 is 0. The molecule has 4 unspecified atom stereocenters. The highest BCUT2D eigenvalue weighted by atomic mass is 16.5.